The number of hydrogen-bond donors (Lipinski definition) is 2. The fourth-order valence-electron chi connectivity index (χ4n) is 4.36. The second kappa shape index (κ2) is 8.98. The molecule has 0 unspecified atom stereocenters. The Hall–Kier alpha value is -4.42. The van der Waals surface area contributed by atoms with E-state index in [1.54, 1.807) is 6.07 Å². The summed E-state index contributed by atoms with van der Waals surface area (Å²) in [7, 11) is 1.39. The molecule has 0 atom stereocenters. The number of anilines is 2. The van der Waals surface area contributed by atoms with Gasteiger partial charge in [-0.3, -0.25) is 9.47 Å². The number of nitrogens with zero attached hydrogens (tertiary/aromatic N) is 4. The molecule has 5 rings (SSSR count). The summed E-state index contributed by atoms with van der Waals surface area (Å²) in [6.07, 6.45) is 0.943. The number of aromatic nitrogens is 2. The lowest BCUT2D eigenvalue weighted by Crippen LogP contribution is -2.47. The number of oxazole rings is 1. The molecule has 0 spiro atoms. The van der Waals surface area contributed by atoms with Gasteiger partial charge in [-0.05, 0) is 18.2 Å². The number of alkyl halides is 2. The second-order valence-electron chi connectivity index (χ2n) is 8.02. The van der Waals surface area contributed by atoms with Crippen LogP contribution in [0.4, 0.5) is 24.9 Å². The Morgan fingerprint density at radius 2 is 1.89 bits per heavy atom. The normalized spacial score (nSPS) is 14.1. The molecular formula is C23H20F3N5O5. The van der Waals surface area contributed by atoms with Gasteiger partial charge in [0, 0.05) is 39.4 Å². The van der Waals surface area contributed by atoms with Crippen LogP contribution in [0.3, 0.4) is 0 Å². The average Bonchev–Trinajstić information content (AvgIpc) is 3.29. The van der Waals surface area contributed by atoms with Crippen molar-refractivity contribution >= 4 is 39.7 Å². The van der Waals surface area contributed by atoms with Crippen LogP contribution >= 0.6 is 0 Å². The number of aromatic carboxylic acids is 1. The van der Waals surface area contributed by atoms with Crippen molar-refractivity contribution in [1.29, 1.82) is 0 Å². The number of carbonyl (C=O) groups is 1. The quantitative estimate of drug-likeness (QED) is 0.410. The van der Waals surface area contributed by atoms with E-state index in [1.165, 1.54) is 11.9 Å². The minimum Gasteiger partial charge on any atom is -0.477 e. The summed E-state index contributed by atoms with van der Waals surface area (Å²) < 4.78 is 53.9. The number of nitrogens with one attached hydrogen (secondary N) is 1. The highest BCUT2D eigenvalue weighted by atomic mass is 19.3. The van der Waals surface area contributed by atoms with Gasteiger partial charge in [0.1, 0.15) is 22.3 Å². The van der Waals surface area contributed by atoms with Gasteiger partial charge >= 0.3 is 12.6 Å². The molecule has 2 aromatic carbocycles. The third-order valence-corrected chi connectivity index (χ3v) is 6.00. The Kier molecular flexibility index (Phi) is 5.82. The van der Waals surface area contributed by atoms with Gasteiger partial charge in [0.2, 0.25) is 5.43 Å². The van der Waals surface area contributed by atoms with Gasteiger partial charge in [-0.15, -0.1) is 0 Å². The summed E-state index contributed by atoms with van der Waals surface area (Å²) in [5.41, 5.74) is 1.79. The second-order valence-corrected chi connectivity index (χ2v) is 8.02. The number of fused-ring (bicyclic) bond motifs is 2. The Bertz CT molecular complexity index is 1500. The third kappa shape index (κ3) is 3.91. The van der Waals surface area contributed by atoms with Crippen molar-refractivity contribution in [3.05, 3.63) is 58.1 Å². The average molecular weight is 503 g/mol. The van der Waals surface area contributed by atoms with E-state index in [0.717, 1.165) is 16.9 Å². The Morgan fingerprint density at radius 1 is 1.19 bits per heavy atom. The van der Waals surface area contributed by atoms with Crippen molar-refractivity contribution in [2.45, 2.75) is 6.61 Å². The van der Waals surface area contributed by atoms with Crippen molar-refractivity contribution in [2.24, 2.45) is 0 Å². The van der Waals surface area contributed by atoms with Gasteiger partial charge in [0.05, 0.1) is 5.39 Å². The van der Waals surface area contributed by atoms with Gasteiger partial charge in [-0.2, -0.15) is 13.8 Å². The minimum atomic E-state index is -3.32. The van der Waals surface area contributed by atoms with Crippen molar-refractivity contribution in [3.8, 4) is 5.75 Å². The van der Waals surface area contributed by atoms with Gasteiger partial charge < -0.3 is 29.5 Å². The summed E-state index contributed by atoms with van der Waals surface area (Å²) in [4.78, 5) is 32.0. The van der Waals surface area contributed by atoms with Crippen LogP contribution in [0.25, 0.3) is 22.0 Å². The molecule has 1 aliphatic rings. The monoisotopic (exact) mass is 503 g/mol. The van der Waals surface area contributed by atoms with Crippen LogP contribution in [0.1, 0.15) is 10.4 Å². The van der Waals surface area contributed by atoms with Crippen LogP contribution in [0, 0.1) is 5.82 Å². The number of carboxylic acids is 1. The molecule has 0 bridgehead atoms. The van der Waals surface area contributed by atoms with Crippen LogP contribution < -0.4 is 25.4 Å². The van der Waals surface area contributed by atoms with Gasteiger partial charge in [-0.1, -0.05) is 12.1 Å². The minimum absolute atomic E-state index is 0.203. The van der Waals surface area contributed by atoms with E-state index in [2.05, 4.69) is 10.4 Å². The number of benzene rings is 2. The van der Waals surface area contributed by atoms with Crippen LogP contribution in [0.2, 0.25) is 0 Å². The number of rotatable bonds is 6. The molecule has 0 radical (unpaired) electrons. The zero-order valence-corrected chi connectivity index (χ0v) is 18.9. The lowest BCUT2D eigenvalue weighted by molar-refractivity contribution is -0.0488. The number of piperazine rings is 1. The number of pyridine rings is 1. The predicted molar refractivity (Wildman–Crippen MR) is 125 cm³/mol. The first-order chi connectivity index (χ1) is 17.3. The molecule has 1 fully saturated rings. The van der Waals surface area contributed by atoms with Crippen molar-refractivity contribution in [2.75, 3.05) is 48.5 Å². The molecule has 13 heteroatoms. The standard InChI is InChI=1S/C23H20F3N5O5/c1-27-31-11-13(21(33)34)19(32)12-10-14(24)18(20(17(12)31)36-22(25)26)29-6-8-30(9-7-29)23-28-15-4-2-3-5-16(15)35-23/h2-5,10-11,22,27H,6-9H2,1H3,(H,33,34). The smallest absolute Gasteiger partial charge is 0.387 e. The summed E-state index contributed by atoms with van der Waals surface area (Å²) in [6, 6.07) is 8.50. The van der Waals surface area contributed by atoms with E-state index < -0.39 is 40.5 Å². The van der Waals surface area contributed by atoms with E-state index >= 15 is 4.39 Å². The van der Waals surface area contributed by atoms with Crippen LogP contribution in [-0.4, -0.2) is 60.6 Å². The molecule has 3 heterocycles. The fraction of sp³-hybridized carbons (Fsp3) is 0.261. The van der Waals surface area contributed by atoms with Crippen molar-refractivity contribution < 1.29 is 32.2 Å². The zero-order valence-electron chi connectivity index (χ0n) is 18.9. The highest BCUT2D eigenvalue weighted by molar-refractivity contribution is 5.97. The van der Waals surface area contributed by atoms with E-state index in [9.17, 15) is 23.5 Å². The first-order valence-electron chi connectivity index (χ1n) is 10.9. The lowest BCUT2D eigenvalue weighted by Gasteiger charge is -2.36. The van der Waals surface area contributed by atoms with Crippen LogP contribution in [0.15, 0.2) is 45.7 Å². The molecule has 0 amide bonds. The van der Waals surface area contributed by atoms with Gasteiger partial charge in [0.25, 0.3) is 6.01 Å². The molecule has 1 aliphatic heterocycles. The maximum absolute atomic E-state index is 15.4. The van der Waals surface area contributed by atoms with E-state index in [1.807, 2.05) is 23.1 Å². The zero-order chi connectivity index (χ0) is 25.6. The highest BCUT2D eigenvalue weighted by Gasteiger charge is 2.30. The van der Waals surface area contributed by atoms with Gasteiger partial charge in [-0.25, -0.2) is 9.18 Å². The SMILES string of the molecule is CNn1cc(C(=O)O)c(=O)c2cc(F)c(N3CCN(c4nc5ccccc5o4)CC3)c(OC(F)F)c21. The number of hydrogen-bond acceptors (Lipinski definition) is 8. The molecule has 4 aromatic rings. The molecule has 0 saturated carbocycles. The number of carboxylic acid groups (broad SMARTS) is 1. The molecule has 188 valence electrons. The molecule has 1 saturated heterocycles. The first kappa shape index (κ1) is 23.3. The maximum atomic E-state index is 15.4. The van der Waals surface area contributed by atoms with E-state index in [-0.39, 0.29) is 24.3 Å². The molecule has 2 N–H and O–H groups in total. The van der Waals surface area contributed by atoms with Crippen molar-refractivity contribution in [3.63, 3.8) is 0 Å². The third-order valence-electron chi connectivity index (χ3n) is 6.00. The maximum Gasteiger partial charge on any atom is 0.387 e. The Labute approximate surface area is 201 Å². The molecule has 2 aromatic heterocycles. The first-order valence-corrected chi connectivity index (χ1v) is 10.9. The summed E-state index contributed by atoms with van der Waals surface area (Å²) in [6.45, 7) is -2.23. The Morgan fingerprint density at radius 3 is 2.53 bits per heavy atom. The summed E-state index contributed by atoms with van der Waals surface area (Å²) in [5, 5.41) is 8.93. The number of para-hydroxylation sites is 2. The van der Waals surface area contributed by atoms with E-state index in [4.69, 9.17) is 9.15 Å². The van der Waals surface area contributed by atoms with Crippen molar-refractivity contribution in [1.82, 2.24) is 9.66 Å². The summed E-state index contributed by atoms with van der Waals surface area (Å²) >= 11 is 0. The number of halogens is 3. The topological polar surface area (TPSA) is 113 Å². The molecule has 36 heavy (non-hydrogen) atoms. The molecule has 0 aliphatic carbocycles. The fourth-order valence-corrected chi connectivity index (χ4v) is 4.36. The van der Waals surface area contributed by atoms with Crippen LogP contribution in [-0.2, 0) is 0 Å². The molecule has 10 nitrogen and oxygen atoms in total. The van der Waals surface area contributed by atoms with Crippen LogP contribution in [0.5, 0.6) is 5.75 Å². The van der Waals surface area contributed by atoms with Gasteiger partial charge in [0.15, 0.2) is 17.1 Å². The largest absolute Gasteiger partial charge is 0.477 e. The highest BCUT2D eigenvalue weighted by Crippen LogP contribution is 2.39. The molecular weight excluding hydrogens is 483 g/mol. The lowest BCUT2D eigenvalue weighted by atomic mass is 10.1. The number of ether oxygens (including phenoxy) is 1. The predicted octanol–water partition coefficient (Wildman–Crippen LogP) is 3.08. The Balaban J connectivity index is 1.56. The summed E-state index contributed by atoms with van der Waals surface area (Å²) in [5.74, 6) is -3.10. The van der Waals surface area contributed by atoms with E-state index in [0.29, 0.717) is 30.2 Å².